The number of rotatable bonds is 4. The molecule has 4 aromatic rings. The molecule has 0 saturated heterocycles. The highest BCUT2D eigenvalue weighted by atomic mass is 19.1. The van der Waals surface area contributed by atoms with Gasteiger partial charge in [0, 0.05) is 30.2 Å². The standard InChI is InChI=1S/C18H14FN7O/c1-11-3-2-4-12(22-11)9-14-17(19)24-16-6-5-15(25-26(14)16)23-18(27)13-10-20-7-8-21-13/h2-8,10H,9H2,1H3,(H,23,25,27). The molecule has 0 fully saturated rings. The summed E-state index contributed by atoms with van der Waals surface area (Å²) in [6.45, 7) is 1.87. The highest BCUT2D eigenvalue weighted by molar-refractivity contribution is 6.02. The molecule has 0 aliphatic carbocycles. The van der Waals surface area contributed by atoms with Gasteiger partial charge in [0.1, 0.15) is 11.4 Å². The number of pyridine rings is 1. The number of fused-ring (bicyclic) bond motifs is 1. The summed E-state index contributed by atoms with van der Waals surface area (Å²) in [5.74, 6) is -0.838. The van der Waals surface area contributed by atoms with E-state index in [2.05, 4.69) is 30.4 Å². The average Bonchev–Trinajstić information content (AvgIpc) is 2.97. The van der Waals surface area contributed by atoms with Crippen LogP contribution in [0.1, 0.15) is 27.6 Å². The summed E-state index contributed by atoms with van der Waals surface area (Å²) in [6, 6.07) is 8.66. The molecular formula is C18H14FN7O. The van der Waals surface area contributed by atoms with Crippen molar-refractivity contribution < 1.29 is 9.18 Å². The van der Waals surface area contributed by atoms with Crippen molar-refractivity contribution in [3.63, 3.8) is 0 Å². The minimum absolute atomic E-state index is 0.153. The molecule has 0 atom stereocenters. The van der Waals surface area contributed by atoms with Crippen molar-refractivity contribution >= 4 is 17.4 Å². The Morgan fingerprint density at radius 2 is 2.07 bits per heavy atom. The number of carbonyl (C=O) groups is 1. The van der Waals surface area contributed by atoms with Crippen molar-refractivity contribution in [3.8, 4) is 0 Å². The van der Waals surface area contributed by atoms with Gasteiger partial charge in [-0.1, -0.05) is 6.07 Å². The van der Waals surface area contributed by atoms with Crippen LogP contribution in [0.25, 0.3) is 5.65 Å². The highest BCUT2D eigenvalue weighted by Gasteiger charge is 2.16. The van der Waals surface area contributed by atoms with Gasteiger partial charge in [-0.05, 0) is 31.2 Å². The first-order valence-electron chi connectivity index (χ1n) is 8.14. The summed E-state index contributed by atoms with van der Waals surface area (Å²) >= 11 is 0. The molecule has 9 heteroatoms. The van der Waals surface area contributed by atoms with Crippen molar-refractivity contribution in [2.45, 2.75) is 13.3 Å². The molecule has 8 nitrogen and oxygen atoms in total. The number of aromatic nitrogens is 6. The van der Waals surface area contributed by atoms with Crippen LogP contribution in [0.5, 0.6) is 0 Å². The van der Waals surface area contributed by atoms with Gasteiger partial charge in [0.05, 0.1) is 6.20 Å². The third-order valence-corrected chi connectivity index (χ3v) is 3.85. The average molecular weight is 363 g/mol. The largest absolute Gasteiger partial charge is 0.304 e. The molecule has 4 rings (SSSR count). The Morgan fingerprint density at radius 1 is 1.19 bits per heavy atom. The van der Waals surface area contributed by atoms with Crippen molar-refractivity contribution in [1.29, 1.82) is 0 Å². The van der Waals surface area contributed by atoms with E-state index in [1.165, 1.54) is 23.1 Å². The first kappa shape index (κ1) is 16.7. The van der Waals surface area contributed by atoms with E-state index in [-0.39, 0.29) is 23.6 Å². The van der Waals surface area contributed by atoms with Gasteiger partial charge in [-0.3, -0.25) is 14.8 Å². The second-order valence-electron chi connectivity index (χ2n) is 5.83. The van der Waals surface area contributed by atoms with Crippen molar-refractivity contribution in [3.05, 3.63) is 77.6 Å². The molecule has 4 aromatic heterocycles. The summed E-state index contributed by atoms with van der Waals surface area (Å²) in [5, 5.41) is 6.91. The van der Waals surface area contributed by atoms with Gasteiger partial charge in [0.25, 0.3) is 5.91 Å². The fourth-order valence-electron chi connectivity index (χ4n) is 2.63. The Balaban J connectivity index is 1.66. The number of hydrogen-bond donors (Lipinski definition) is 1. The molecule has 27 heavy (non-hydrogen) atoms. The number of carbonyl (C=O) groups excluding carboxylic acids is 1. The minimum atomic E-state index is -0.622. The maximum atomic E-state index is 14.3. The van der Waals surface area contributed by atoms with Crippen molar-refractivity contribution in [2.75, 3.05) is 5.32 Å². The molecule has 0 aromatic carbocycles. The molecular weight excluding hydrogens is 349 g/mol. The Morgan fingerprint density at radius 3 is 2.85 bits per heavy atom. The minimum Gasteiger partial charge on any atom is -0.304 e. The summed E-state index contributed by atoms with van der Waals surface area (Å²) in [4.78, 5) is 28.3. The summed E-state index contributed by atoms with van der Waals surface area (Å²) in [6.07, 6.45) is 4.47. The summed E-state index contributed by atoms with van der Waals surface area (Å²) < 4.78 is 15.7. The zero-order valence-corrected chi connectivity index (χ0v) is 14.3. The first-order chi connectivity index (χ1) is 13.1. The van der Waals surface area contributed by atoms with Crippen LogP contribution in [-0.4, -0.2) is 35.5 Å². The van der Waals surface area contributed by atoms with Gasteiger partial charge in [-0.2, -0.15) is 9.37 Å². The first-order valence-corrected chi connectivity index (χ1v) is 8.14. The van der Waals surface area contributed by atoms with Crippen LogP contribution in [0.2, 0.25) is 0 Å². The highest BCUT2D eigenvalue weighted by Crippen LogP contribution is 2.16. The molecule has 1 amide bonds. The van der Waals surface area contributed by atoms with Crippen LogP contribution < -0.4 is 5.32 Å². The van der Waals surface area contributed by atoms with E-state index >= 15 is 0 Å². The number of anilines is 1. The van der Waals surface area contributed by atoms with E-state index in [1.54, 1.807) is 12.1 Å². The molecule has 0 radical (unpaired) electrons. The second kappa shape index (κ2) is 6.87. The molecule has 0 spiro atoms. The smallest absolute Gasteiger partial charge is 0.277 e. The quantitative estimate of drug-likeness (QED) is 0.597. The number of halogens is 1. The number of nitrogens with zero attached hydrogens (tertiary/aromatic N) is 6. The van der Waals surface area contributed by atoms with Gasteiger partial charge in [0.15, 0.2) is 11.5 Å². The lowest BCUT2D eigenvalue weighted by Crippen LogP contribution is -2.16. The Bertz CT molecular complexity index is 1130. The lowest BCUT2D eigenvalue weighted by atomic mass is 10.2. The fourth-order valence-corrected chi connectivity index (χ4v) is 2.63. The van der Waals surface area contributed by atoms with E-state index in [4.69, 9.17) is 0 Å². The molecule has 0 bridgehead atoms. The molecule has 0 aliphatic heterocycles. The Labute approximate surface area is 153 Å². The molecule has 0 unspecified atom stereocenters. The fraction of sp³-hybridized carbons (Fsp3) is 0.111. The van der Waals surface area contributed by atoms with Gasteiger partial charge >= 0.3 is 0 Å². The lowest BCUT2D eigenvalue weighted by molar-refractivity contribution is 0.102. The zero-order chi connectivity index (χ0) is 18.8. The van der Waals surface area contributed by atoms with Crippen molar-refractivity contribution in [2.24, 2.45) is 0 Å². The maximum Gasteiger partial charge on any atom is 0.277 e. The van der Waals surface area contributed by atoms with Crippen LogP contribution >= 0.6 is 0 Å². The third kappa shape index (κ3) is 3.47. The van der Waals surface area contributed by atoms with Gasteiger partial charge in [-0.15, -0.1) is 5.10 Å². The number of imidazole rings is 1. The van der Waals surface area contributed by atoms with Crippen LogP contribution in [0, 0.1) is 12.9 Å². The van der Waals surface area contributed by atoms with Crippen LogP contribution in [0.3, 0.4) is 0 Å². The second-order valence-corrected chi connectivity index (χ2v) is 5.83. The number of hydrogen-bond acceptors (Lipinski definition) is 6. The number of amides is 1. The van der Waals surface area contributed by atoms with E-state index in [0.29, 0.717) is 11.3 Å². The molecule has 0 aliphatic rings. The van der Waals surface area contributed by atoms with Crippen LogP contribution in [0.4, 0.5) is 10.2 Å². The zero-order valence-electron chi connectivity index (χ0n) is 14.3. The maximum absolute atomic E-state index is 14.3. The predicted molar refractivity (Wildman–Crippen MR) is 94.7 cm³/mol. The van der Waals surface area contributed by atoms with Crippen LogP contribution in [-0.2, 0) is 6.42 Å². The lowest BCUT2D eigenvalue weighted by Gasteiger charge is -2.06. The normalized spacial score (nSPS) is 10.9. The summed E-state index contributed by atoms with van der Waals surface area (Å²) in [7, 11) is 0. The summed E-state index contributed by atoms with van der Waals surface area (Å²) in [5.41, 5.74) is 2.30. The number of aryl methyl sites for hydroxylation is 1. The van der Waals surface area contributed by atoms with Crippen molar-refractivity contribution in [1.82, 2.24) is 29.5 Å². The van der Waals surface area contributed by atoms with Gasteiger partial charge < -0.3 is 5.32 Å². The monoisotopic (exact) mass is 363 g/mol. The SMILES string of the molecule is Cc1cccc(Cc2c(F)nc3ccc(NC(=O)c4cnccn4)nn23)n1. The molecule has 0 saturated carbocycles. The molecule has 134 valence electrons. The third-order valence-electron chi connectivity index (χ3n) is 3.85. The Kier molecular flexibility index (Phi) is 4.25. The van der Waals surface area contributed by atoms with Gasteiger partial charge in [0.2, 0.25) is 5.95 Å². The van der Waals surface area contributed by atoms with E-state index in [0.717, 1.165) is 5.69 Å². The predicted octanol–water partition coefficient (Wildman–Crippen LogP) is 2.20. The van der Waals surface area contributed by atoms with E-state index in [9.17, 15) is 9.18 Å². The van der Waals surface area contributed by atoms with Crippen LogP contribution in [0.15, 0.2) is 48.9 Å². The van der Waals surface area contributed by atoms with E-state index < -0.39 is 11.9 Å². The number of nitrogens with one attached hydrogen (secondary N) is 1. The van der Waals surface area contributed by atoms with E-state index in [1.807, 2.05) is 25.1 Å². The molecule has 4 heterocycles. The van der Waals surface area contributed by atoms with Gasteiger partial charge in [-0.25, -0.2) is 9.50 Å². The topological polar surface area (TPSA) is 98.0 Å². The molecule has 1 N–H and O–H groups in total. The Hall–Kier alpha value is -3.75.